The lowest BCUT2D eigenvalue weighted by molar-refractivity contribution is 0.170. The molecule has 0 bridgehead atoms. The molecule has 0 saturated carbocycles. The van der Waals surface area contributed by atoms with Gasteiger partial charge in [0.15, 0.2) is 11.5 Å². The van der Waals surface area contributed by atoms with E-state index < -0.39 is 10.0 Å². The highest BCUT2D eigenvalue weighted by Crippen LogP contribution is 2.33. The third kappa shape index (κ3) is 4.06. The molecule has 1 fully saturated rings. The second kappa shape index (κ2) is 7.67. The van der Waals surface area contributed by atoms with Crippen molar-refractivity contribution < 1.29 is 17.9 Å². The number of piperazine rings is 1. The highest BCUT2D eigenvalue weighted by Gasteiger charge is 2.29. The van der Waals surface area contributed by atoms with Crippen molar-refractivity contribution in [2.24, 2.45) is 0 Å². The number of nitrogens with zero attached hydrogens (tertiary/aromatic N) is 2. The van der Waals surface area contributed by atoms with E-state index in [4.69, 9.17) is 21.1 Å². The van der Waals surface area contributed by atoms with Gasteiger partial charge in [-0.1, -0.05) is 23.7 Å². The predicted molar refractivity (Wildman–Crippen MR) is 103 cm³/mol. The fraction of sp³-hybridized carbons (Fsp3) is 0.368. The fourth-order valence-electron chi connectivity index (χ4n) is 3.35. The van der Waals surface area contributed by atoms with Crippen LogP contribution in [0.4, 0.5) is 0 Å². The molecule has 2 heterocycles. The van der Waals surface area contributed by atoms with Crippen LogP contribution >= 0.6 is 11.6 Å². The number of rotatable bonds is 4. The van der Waals surface area contributed by atoms with Gasteiger partial charge in [-0.25, -0.2) is 8.42 Å². The van der Waals surface area contributed by atoms with Gasteiger partial charge in [-0.05, 0) is 29.8 Å². The first-order valence-corrected chi connectivity index (χ1v) is 10.7. The summed E-state index contributed by atoms with van der Waals surface area (Å²) in [5.41, 5.74) is 1.13. The molecule has 2 aromatic rings. The maximum atomic E-state index is 13.0. The van der Waals surface area contributed by atoms with Gasteiger partial charge in [-0.15, -0.1) is 0 Å². The Morgan fingerprint density at radius 2 is 1.67 bits per heavy atom. The van der Waals surface area contributed by atoms with Gasteiger partial charge >= 0.3 is 0 Å². The van der Waals surface area contributed by atoms with E-state index in [1.54, 1.807) is 18.2 Å². The summed E-state index contributed by atoms with van der Waals surface area (Å²) in [7, 11) is -3.55. The van der Waals surface area contributed by atoms with Gasteiger partial charge in [-0.3, -0.25) is 4.90 Å². The van der Waals surface area contributed by atoms with Gasteiger partial charge in [0.2, 0.25) is 10.0 Å². The first-order valence-electron chi connectivity index (χ1n) is 8.89. The normalized spacial score (nSPS) is 18.4. The third-order valence-corrected chi connectivity index (χ3v) is 6.91. The molecule has 6 nitrogen and oxygen atoms in total. The Labute approximate surface area is 164 Å². The smallest absolute Gasteiger partial charge is 0.243 e. The average Bonchev–Trinajstić information content (AvgIpc) is 2.68. The van der Waals surface area contributed by atoms with Crippen LogP contribution < -0.4 is 9.47 Å². The van der Waals surface area contributed by atoms with Gasteiger partial charge in [0.25, 0.3) is 0 Å². The van der Waals surface area contributed by atoms with Crippen LogP contribution in [0.25, 0.3) is 0 Å². The minimum absolute atomic E-state index is 0.245. The number of sulfonamides is 1. The second-order valence-electron chi connectivity index (χ2n) is 6.62. The minimum atomic E-state index is -3.55. The standard InChI is InChI=1S/C19H21ClN2O4S/c20-16-3-1-2-15(12-16)14-21-6-8-22(9-7-21)27(23,24)17-4-5-18-19(13-17)26-11-10-25-18/h1-5,12-13H,6-11,14H2. The van der Waals surface area contributed by atoms with Crippen molar-refractivity contribution in [1.82, 2.24) is 9.21 Å². The van der Waals surface area contributed by atoms with Crippen LogP contribution in [0.2, 0.25) is 5.02 Å². The van der Waals surface area contributed by atoms with Crippen molar-refractivity contribution in [1.29, 1.82) is 0 Å². The molecule has 0 unspecified atom stereocenters. The molecule has 0 aromatic heterocycles. The number of halogens is 1. The van der Waals surface area contributed by atoms with E-state index in [1.807, 2.05) is 24.3 Å². The van der Waals surface area contributed by atoms with E-state index in [0.29, 0.717) is 55.9 Å². The predicted octanol–water partition coefficient (Wildman–Crippen LogP) is 2.62. The molecule has 2 aliphatic rings. The fourth-order valence-corrected chi connectivity index (χ4v) is 5.01. The first kappa shape index (κ1) is 18.6. The molecular weight excluding hydrogens is 388 g/mol. The van der Waals surface area contributed by atoms with Gasteiger partial charge < -0.3 is 9.47 Å². The molecule has 0 N–H and O–H groups in total. The summed E-state index contributed by atoms with van der Waals surface area (Å²) in [6, 6.07) is 12.6. The number of ether oxygens (including phenoxy) is 2. The Morgan fingerprint density at radius 3 is 2.41 bits per heavy atom. The first-order chi connectivity index (χ1) is 13.0. The summed E-state index contributed by atoms with van der Waals surface area (Å²) >= 11 is 6.04. The van der Waals surface area contributed by atoms with Gasteiger partial charge in [0, 0.05) is 43.8 Å². The van der Waals surface area contributed by atoms with Crippen molar-refractivity contribution in [3.05, 3.63) is 53.1 Å². The molecule has 4 rings (SSSR count). The zero-order chi connectivity index (χ0) is 18.9. The minimum Gasteiger partial charge on any atom is -0.486 e. The van der Waals surface area contributed by atoms with E-state index in [9.17, 15) is 8.42 Å². The molecule has 0 atom stereocenters. The Kier molecular flexibility index (Phi) is 5.27. The lowest BCUT2D eigenvalue weighted by Crippen LogP contribution is -2.48. The molecule has 0 spiro atoms. The molecule has 8 heteroatoms. The van der Waals surface area contributed by atoms with Crippen molar-refractivity contribution in [2.75, 3.05) is 39.4 Å². The number of fused-ring (bicyclic) bond motifs is 1. The van der Waals surface area contributed by atoms with Crippen molar-refractivity contribution in [2.45, 2.75) is 11.4 Å². The SMILES string of the molecule is O=S(=O)(c1ccc2c(c1)OCCO2)N1CCN(Cc2cccc(Cl)c2)CC1. The maximum absolute atomic E-state index is 13.0. The Hall–Kier alpha value is -1.80. The lowest BCUT2D eigenvalue weighted by atomic mass is 10.2. The molecule has 2 aliphatic heterocycles. The molecule has 2 aromatic carbocycles. The monoisotopic (exact) mass is 408 g/mol. The Morgan fingerprint density at radius 1 is 0.926 bits per heavy atom. The Balaban J connectivity index is 1.42. The molecular formula is C19H21ClN2O4S. The van der Waals surface area contributed by atoms with E-state index in [0.717, 1.165) is 12.1 Å². The molecule has 0 aliphatic carbocycles. The van der Waals surface area contributed by atoms with Gasteiger partial charge in [-0.2, -0.15) is 4.31 Å². The number of hydrogen-bond donors (Lipinski definition) is 0. The Bertz CT molecular complexity index is 927. The lowest BCUT2D eigenvalue weighted by Gasteiger charge is -2.34. The molecule has 0 amide bonds. The zero-order valence-electron chi connectivity index (χ0n) is 14.8. The van der Waals surface area contributed by atoms with Crippen molar-refractivity contribution in [3.63, 3.8) is 0 Å². The second-order valence-corrected chi connectivity index (χ2v) is 8.99. The third-order valence-electron chi connectivity index (χ3n) is 4.78. The van der Waals surface area contributed by atoms with E-state index in [1.165, 1.54) is 4.31 Å². The topological polar surface area (TPSA) is 59.1 Å². The maximum Gasteiger partial charge on any atom is 0.243 e. The summed E-state index contributed by atoms with van der Waals surface area (Å²) < 4.78 is 38.5. The molecule has 1 saturated heterocycles. The highest BCUT2D eigenvalue weighted by molar-refractivity contribution is 7.89. The van der Waals surface area contributed by atoms with Gasteiger partial charge in [0.05, 0.1) is 4.90 Å². The van der Waals surface area contributed by atoms with E-state index in [2.05, 4.69) is 4.90 Å². The van der Waals surface area contributed by atoms with Crippen LogP contribution in [-0.2, 0) is 16.6 Å². The number of hydrogen-bond acceptors (Lipinski definition) is 5. The van der Waals surface area contributed by atoms with Crippen LogP contribution in [0.3, 0.4) is 0 Å². The molecule has 144 valence electrons. The molecule has 0 radical (unpaired) electrons. The van der Waals surface area contributed by atoms with Crippen LogP contribution in [0.15, 0.2) is 47.4 Å². The summed E-state index contributed by atoms with van der Waals surface area (Å²) in [4.78, 5) is 2.48. The zero-order valence-corrected chi connectivity index (χ0v) is 16.4. The largest absolute Gasteiger partial charge is 0.486 e. The number of benzene rings is 2. The van der Waals surface area contributed by atoms with Crippen molar-refractivity contribution in [3.8, 4) is 11.5 Å². The highest BCUT2D eigenvalue weighted by atomic mass is 35.5. The summed E-state index contributed by atoms with van der Waals surface area (Å²) in [5.74, 6) is 1.08. The summed E-state index contributed by atoms with van der Waals surface area (Å²) in [6.45, 7) is 3.94. The van der Waals surface area contributed by atoms with Crippen LogP contribution in [-0.4, -0.2) is 57.0 Å². The van der Waals surface area contributed by atoms with Crippen molar-refractivity contribution >= 4 is 21.6 Å². The van der Waals surface area contributed by atoms with Crippen LogP contribution in [0.1, 0.15) is 5.56 Å². The van der Waals surface area contributed by atoms with Gasteiger partial charge in [0.1, 0.15) is 13.2 Å². The quantitative estimate of drug-likeness (QED) is 0.778. The summed E-state index contributed by atoms with van der Waals surface area (Å²) in [5, 5.41) is 0.715. The van der Waals surface area contributed by atoms with Crippen LogP contribution in [0.5, 0.6) is 11.5 Å². The van der Waals surface area contributed by atoms with E-state index >= 15 is 0 Å². The molecule has 27 heavy (non-hydrogen) atoms. The average molecular weight is 409 g/mol. The van der Waals surface area contributed by atoms with Crippen LogP contribution in [0, 0.1) is 0 Å². The summed E-state index contributed by atoms with van der Waals surface area (Å²) in [6.07, 6.45) is 0. The van der Waals surface area contributed by atoms with E-state index in [-0.39, 0.29) is 4.90 Å².